The standard InChI is InChI=1S/C30H25N3O4/c1-20-3-9-23(10-4-20)28(34)32-26-15-13-24(14-16-26)29(35)33-31-19-22-7-17-27(18-8-22)37-30(36)25-11-5-21(2)6-12-25/h3-19H,1-2H3,(H,32,34)(H,33,35)/b31-19+. The number of hydrazone groups is 1. The van der Waals surface area contributed by atoms with E-state index in [2.05, 4.69) is 15.8 Å². The molecule has 0 aliphatic heterocycles. The minimum atomic E-state index is -0.436. The molecule has 0 unspecified atom stereocenters. The van der Waals surface area contributed by atoms with Crippen molar-refractivity contribution in [2.45, 2.75) is 13.8 Å². The molecule has 0 saturated carbocycles. The smallest absolute Gasteiger partial charge is 0.343 e. The number of ether oxygens (including phenoxy) is 1. The van der Waals surface area contributed by atoms with E-state index in [0.717, 1.165) is 11.1 Å². The number of anilines is 1. The van der Waals surface area contributed by atoms with E-state index < -0.39 is 11.9 Å². The van der Waals surface area contributed by atoms with Gasteiger partial charge in [-0.05, 0) is 92.2 Å². The summed E-state index contributed by atoms with van der Waals surface area (Å²) in [6, 6.07) is 27.7. The lowest BCUT2D eigenvalue weighted by molar-refractivity contribution is 0.0734. The molecule has 0 aliphatic carbocycles. The van der Waals surface area contributed by atoms with Crippen LogP contribution >= 0.6 is 0 Å². The van der Waals surface area contributed by atoms with Crippen molar-refractivity contribution in [1.29, 1.82) is 0 Å². The Bertz CT molecular complexity index is 1420. The number of hydrogen-bond donors (Lipinski definition) is 2. The normalized spacial score (nSPS) is 10.6. The SMILES string of the molecule is Cc1ccc(C(=O)Nc2ccc(C(=O)N/N=C/c3ccc(OC(=O)c4ccc(C)cc4)cc3)cc2)cc1. The third-order valence-corrected chi connectivity index (χ3v) is 5.48. The van der Waals surface area contributed by atoms with Crippen molar-refractivity contribution in [1.82, 2.24) is 5.43 Å². The predicted molar refractivity (Wildman–Crippen MR) is 143 cm³/mol. The second kappa shape index (κ2) is 11.6. The summed E-state index contributed by atoms with van der Waals surface area (Å²) in [5.41, 5.74) is 7.32. The Labute approximate surface area is 214 Å². The maximum atomic E-state index is 12.4. The zero-order chi connectivity index (χ0) is 26.2. The molecule has 7 heteroatoms. The van der Waals surface area contributed by atoms with Gasteiger partial charge in [-0.25, -0.2) is 10.2 Å². The summed E-state index contributed by atoms with van der Waals surface area (Å²) in [6.07, 6.45) is 1.49. The Balaban J connectivity index is 1.27. The van der Waals surface area contributed by atoms with Gasteiger partial charge in [0.25, 0.3) is 11.8 Å². The molecule has 2 N–H and O–H groups in total. The van der Waals surface area contributed by atoms with Gasteiger partial charge in [0.05, 0.1) is 11.8 Å². The fourth-order valence-electron chi connectivity index (χ4n) is 3.32. The van der Waals surface area contributed by atoms with Crippen LogP contribution in [0, 0.1) is 13.8 Å². The molecule has 4 aromatic carbocycles. The number of esters is 1. The van der Waals surface area contributed by atoms with E-state index in [4.69, 9.17) is 4.74 Å². The summed E-state index contributed by atoms with van der Waals surface area (Å²) in [5, 5.41) is 6.78. The zero-order valence-corrected chi connectivity index (χ0v) is 20.4. The average molecular weight is 492 g/mol. The summed E-state index contributed by atoms with van der Waals surface area (Å²) >= 11 is 0. The average Bonchev–Trinajstić information content (AvgIpc) is 2.90. The maximum absolute atomic E-state index is 12.4. The number of rotatable bonds is 7. The first-order chi connectivity index (χ1) is 17.9. The Morgan fingerprint density at radius 2 is 1.16 bits per heavy atom. The van der Waals surface area contributed by atoms with Gasteiger partial charge in [0.1, 0.15) is 5.75 Å². The summed E-state index contributed by atoms with van der Waals surface area (Å²) in [6.45, 7) is 3.90. The topological polar surface area (TPSA) is 96.9 Å². The van der Waals surface area contributed by atoms with E-state index in [1.54, 1.807) is 72.8 Å². The van der Waals surface area contributed by atoms with Gasteiger partial charge in [0.2, 0.25) is 0 Å². The summed E-state index contributed by atoms with van der Waals surface area (Å²) in [7, 11) is 0. The molecule has 0 spiro atoms. The van der Waals surface area contributed by atoms with Crippen LogP contribution in [0.2, 0.25) is 0 Å². The molecular formula is C30H25N3O4. The first-order valence-electron chi connectivity index (χ1n) is 11.6. The highest BCUT2D eigenvalue weighted by Crippen LogP contribution is 2.15. The lowest BCUT2D eigenvalue weighted by Gasteiger charge is -2.07. The molecule has 0 fully saturated rings. The molecule has 0 saturated heterocycles. The van der Waals surface area contributed by atoms with Gasteiger partial charge in [0.15, 0.2) is 0 Å². The van der Waals surface area contributed by atoms with Crippen LogP contribution in [-0.4, -0.2) is 24.0 Å². The Morgan fingerprint density at radius 1 is 0.649 bits per heavy atom. The molecule has 2 amide bonds. The predicted octanol–water partition coefficient (Wildman–Crippen LogP) is 5.54. The highest BCUT2D eigenvalue weighted by atomic mass is 16.5. The molecule has 0 radical (unpaired) electrons. The minimum absolute atomic E-state index is 0.224. The van der Waals surface area contributed by atoms with E-state index >= 15 is 0 Å². The number of carbonyl (C=O) groups is 3. The van der Waals surface area contributed by atoms with Crippen LogP contribution in [0.5, 0.6) is 5.75 Å². The third kappa shape index (κ3) is 6.99. The second-order valence-electron chi connectivity index (χ2n) is 8.42. The van der Waals surface area contributed by atoms with Crippen molar-refractivity contribution in [3.63, 3.8) is 0 Å². The molecule has 0 heterocycles. The molecule has 184 valence electrons. The van der Waals surface area contributed by atoms with Crippen LogP contribution in [0.1, 0.15) is 47.8 Å². The molecule has 0 aliphatic rings. The van der Waals surface area contributed by atoms with Gasteiger partial charge in [-0.3, -0.25) is 9.59 Å². The van der Waals surface area contributed by atoms with Crippen molar-refractivity contribution in [2.24, 2.45) is 5.10 Å². The van der Waals surface area contributed by atoms with Crippen molar-refractivity contribution >= 4 is 29.7 Å². The van der Waals surface area contributed by atoms with Gasteiger partial charge < -0.3 is 10.1 Å². The fraction of sp³-hybridized carbons (Fsp3) is 0.0667. The van der Waals surface area contributed by atoms with Crippen LogP contribution in [-0.2, 0) is 0 Å². The van der Waals surface area contributed by atoms with Gasteiger partial charge in [-0.1, -0.05) is 35.4 Å². The van der Waals surface area contributed by atoms with Gasteiger partial charge in [-0.15, -0.1) is 0 Å². The Kier molecular flexibility index (Phi) is 7.85. The van der Waals surface area contributed by atoms with E-state index in [1.165, 1.54) is 6.21 Å². The van der Waals surface area contributed by atoms with Crippen LogP contribution < -0.4 is 15.5 Å². The molecule has 0 atom stereocenters. The van der Waals surface area contributed by atoms with Crippen molar-refractivity contribution < 1.29 is 19.1 Å². The number of nitrogens with one attached hydrogen (secondary N) is 2. The number of carbonyl (C=O) groups excluding carboxylic acids is 3. The van der Waals surface area contributed by atoms with E-state index in [-0.39, 0.29) is 5.91 Å². The fourth-order valence-corrected chi connectivity index (χ4v) is 3.32. The quantitative estimate of drug-likeness (QED) is 0.154. The molecule has 0 aromatic heterocycles. The largest absolute Gasteiger partial charge is 0.423 e. The number of benzene rings is 4. The molecular weight excluding hydrogens is 466 g/mol. The lowest BCUT2D eigenvalue weighted by Crippen LogP contribution is -2.18. The summed E-state index contributed by atoms with van der Waals surface area (Å²) in [5.74, 6) is -0.648. The molecule has 37 heavy (non-hydrogen) atoms. The van der Waals surface area contributed by atoms with E-state index in [9.17, 15) is 14.4 Å². The second-order valence-corrected chi connectivity index (χ2v) is 8.42. The van der Waals surface area contributed by atoms with Gasteiger partial charge in [-0.2, -0.15) is 5.10 Å². The lowest BCUT2D eigenvalue weighted by atomic mass is 10.1. The van der Waals surface area contributed by atoms with Crippen LogP contribution in [0.15, 0.2) is 102 Å². The Morgan fingerprint density at radius 3 is 1.76 bits per heavy atom. The Hall–Kier alpha value is -5.04. The number of nitrogens with zero attached hydrogens (tertiary/aromatic N) is 1. The first-order valence-corrected chi connectivity index (χ1v) is 11.6. The van der Waals surface area contributed by atoms with Crippen LogP contribution in [0.25, 0.3) is 0 Å². The highest BCUT2D eigenvalue weighted by molar-refractivity contribution is 6.04. The van der Waals surface area contributed by atoms with Crippen molar-refractivity contribution in [2.75, 3.05) is 5.32 Å². The summed E-state index contributed by atoms with van der Waals surface area (Å²) < 4.78 is 5.38. The monoisotopic (exact) mass is 491 g/mol. The maximum Gasteiger partial charge on any atom is 0.343 e. The zero-order valence-electron chi connectivity index (χ0n) is 20.4. The van der Waals surface area contributed by atoms with E-state index in [0.29, 0.717) is 33.7 Å². The third-order valence-electron chi connectivity index (χ3n) is 5.48. The summed E-state index contributed by atoms with van der Waals surface area (Å²) in [4.78, 5) is 36.9. The van der Waals surface area contributed by atoms with Crippen LogP contribution in [0.4, 0.5) is 5.69 Å². The first kappa shape index (κ1) is 25.1. The minimum Gasteiger partial charge on any atom is -0.423 e. The van der Waals surface area contributed by atoms with Crippen molar-refractivity contribution in [3.8, 4) is 5.75 Å². The highest BCUT2D eigenvalue weighted by Gasteiger charge is 2.09. The van der Waals surface area contributed by atoms with Gasteiger partial charge in [0, 0.05) is 16.8 Å². The number of amides is 2. The van der Waals surface area contributed by atoms with Crippen molar-refractivity contribution in [3.05, 3.63) is 130 Å². The number of aryl methyl sites for hydroxylation is 2. The molecule has 4 aromatic rings. The van der Waals surface area contributed by atoms with Gasteiger partial charge >= 0.3 is 5.97 Å². The molecule has 7 nitrogen and oxygen atoms in total. The number of hydrogen-bond acceptors (Lipinski definition) is 5. The van der Waals surface area contributed by atoms with E-state index in [1.807, 2.05) is 38.1 Å². The van der Waals surface area contributed by atoms with Crippen LogP contribution in [0.3, 0.4) is 0 Å². The molecule has 0 bridgehead atoms. The molecule has 4 rings (SSSR count).